The molecule has 1 aromatic heterocycles. The molecule has 0 radical (unpaired) electrons. The average molecular weight is 323 g/mol. The van der Waals surface area contributed by atoms with Gasteiger partial charge in [0.05, 0.1) is 12.2 Å². The molecule has 1 heterocycles. The van der Waals surface area contributed by atoms with E-state index >= 15 is 0 Å². The summed E-state index contributed by atoms with van der Waals surface area (Å²) in [6, 6.07) is 17.1. The molecule has 3 aromatic rings. The lowest BCUT2D eigenvalue weighted by Gasteiger charge is -2.09. The van der Waals surface area contributed by atoms with Crippen molar-refractivity contribution in [3.8, 4) is 11.4 Å². The number of hydrogen-bond donors (Lipinski definition) is 1. The minimum Gasteiger partial charge on any atom is -0.484 e. The number of rotatable bonds is 6. The van der Waals surface area contributed by atoms with Gasteiger partial charge in [0, 0.05) is 0 Å². The van der Waals surface area contributed by atoms with E-state index in [1.54, 1.807) is 4.68 Å². The third kappa shape index (κ3) is 3.75. The Bertz CT molecular complexity index is 817. The Kier molecular flexibility index (Phi) is 4.81. The number of nitrogens with one attached hydrogen (secondary N) is 1. The van der Waals surface area contributed by atoms with E-state index in [0.717, 1.165) is 11.3 Å². The summed E-state index contributed by atoms with van der Waals surface area (Å²) in [6.45, 7) is 2.09. The van der Waals surface area contributed by atoms with Crippen LogP contribution in [0.2, 0.25) is 0 Å². The van der Waals surface area contributed by atoms with Crippen LogP contribution in [-0.4, -0.2) is 32.7 Å². The first-order valence-electron chi connectivity index (χ1n) is 7.52. The fourth-order valence-electron chi connectivity index (χ4n) is 2.18. The monoisotopic (exact) mass is 323 g/mol. The molecule has 2 aromatic carbocycles. The van der Waals surface area contributed by atoms with Crippen molar-refractivity contribution < 1.29 is 9.53 Å². The number of aromatic nitrogens is 4. The zero-order chi connectivity index (χ0) is 16.8. The minimum atomic E-state index is -0.235. The van der Waals surface area contributed by atoms with Gasteiger partial charge >= 0.3 is 0 Å². The normalized spacial score (nSPS) is 10.4. The first kappa shape index (κ1) is 15.7. The quantitative estimate of drug-likeness (QED) is 0.746. The van der Waals surface area contributed by atoms with E-state index in [9.17, 15) is 4.79 Å². The molecule has 3 rings (SSSR count). The van der Waals surface area contributed by atoms with Crippen LogP contribution in [0.15, 0.2) is 54.6 Å². The Morgan fingerprint density at radius 1 is 1.12 bits per heavy atom. The lowest BCUT2D eigenvalue weighted by Crippen LogP contribution is -2.29. The summed E-state index contributed by atoms with van der Waals surface area (Å²) >= 11 is 0. The van der Waals surface area contributed by atoms with Gasteiger partial charge in [0.15, 0.2) is 12.4 Å². The second-order valence-electron chi connectivity index (χ2n) is 5.17. The number of ether oxygens (including phenoxy) is 1. The van der Waals surface area contributed by atoms with Gasteiger partial charge < -0.3 is 10.1 Å². The van der Waals surface area contributed by atoms with Crippen LogP contribution in [0.3, 0.4) is 0 Å². The maximum Gasteiger partial charge on any atom is 0.258 e. The topological polar surface area (TPSA) is 81.9 Å². The second kappa shape index (κ2) is 7.36. The van der Waals surface area contributed by atoms with Gasteiger partial charge in [0.25, 0.3) is 5.91 Å². The highest BCUT2D eigenvalue weighted by Gasteiger charge is 2.10. The Labute approximate surface area is 139 Å². The number of carbonyl (C=O) groups is 1. The zero-order valence-corrected chi connectivity index (χ0v) is 13.2. The van der Waals surface area contributed by atoms with Crippen molar-refractivity contribution in [3.05, 3.63) is 66.0 Å². The highest BCUT2D eigenvalue weighted by atomic mass is 16.5. The summed E-state index contributed by atoms with van der Waals surface area (Å²) in [4.78, 5) is 12.0. The van der Waals surface area contributed by atoms with Crippen molar-refractivity contribution in [2.75, 3.05) is 6.61 Å². The fourth-order valence-corrected chi connectivity index (χ4v) is 2.18. The van der Waals surface area contributed by atoms with Crippen molar-refractivity contribution in [2.45, 2.75) is 13.5 Å². The average Bonchev–Trinajstić information content (AvgIpc) is 3.08. The molecule has 24 heavy (non-hydrogen) atoms. The molecule has 0 unspecified atom stereocenters. The maximum absolute atomic E-state index is 12.0. The van der Waals surface area contributed by atoms with E-state index in [1.807, 2.05) is 61.5 Å². The third-order valence-electron chi connectivity index (χ3n) is 3.43. The largest absolute Gasteiger partial charge is 0.484 e. The van der Waals surface area contributed by atoms with Gasteiger partial charge in [0.2, 0.25) is 0 Å². The first-order valence-corrected chi connectivity index (χ1v) is 7.52. The highest BCUT2D eigenvalue weighted by molar-refractivity contribution is 5.77. The first-order chi connectivity index (χ1) is 11.7. The number of hydrogen-bond acceptors (Lipinski definition) is 5. The fraction of sp³-hybridized carbons (Fsp3) is 0.176. The molecule has 1 N–H and O–H groups in total. The van der Waals surface area contributed by atoms with E-state index < -0.39 is 0 Å². The number of amides is 1. The third-order valence-corrected chi connectivity index (χ3v) is 3.43. The Morgan fingerprint density at radius 3 is 2.67 bits per heavy atom. The van der Waals surface area contributed by atoms with E-state index in [2.05, 4.69) is 20.8 Å². The lowest BCUT2D eigenvalue weighted by molar-refractivity contribution is -0.123. The molecule has 0 aliphatic carbocycles. The summed E-state index contributed by atoms with van der Waals surface area (Å²) in [7, 11) is 0. The Hall–Kier alpha value is -3.22. The number of tetrazole rings is 1. The van der Waals surface area contributed by atoms with Gasteiger partial charge in [-0.3, -0.25) is 4.79 Å². The summed E-state index contributed by atoms with van der Waals surface area (Å²) in [5.74, 6) is 1.01. The Morgan fingerprint density at radius 2 is 1.88 bits per heavy atom. The smallest absolute Gasteiger partial charge is 0.258 e. The molecule has 7 nitrogen and oxygen atoms in total. The van der Waals surface area contributed by atoms with Crippen LogP contribution in [0.5, 0.6) is 5.75 Å². The van der Waals surface area contributed by atoms with Gasteiger partial charge in [-0.05, 0) is 41.1 Å². The van der Waals surface area contributed by atoms with Crippen molar-refractivity contribution in [1.82, 2.24) is 25.5 Å². The van der Waals surface area contributed by atoms with Crippen LogP contribution in [-0.2, 0) is 11.3 Å². The molecular weight excluding hydrogens is 306 g/mol. The lowest BCUT2D eigenvalue weighted by atomic mass is 10.2. The van der Waals surface area contributed by atoms with E-state index in [0.29, 0.717) is 11.6 Å². The van der Waals surface area contributed by atoms with Crippen molar-refractivity contribution >= 4 is 5.91 Å². The molecule has 0 spiro atoms. The van der Waals surface area contributed by atoms with Crippen LogP contribution in [0.1, 0.15) is 11.4 Å². The second-order valence-corrected chi connectivity index (χ2v) is 5.17. The molecule has 1 amide bonds. The number of nitrogens with zero attached hydrogens (tertiary/aromatic N) is 4. The standard InChI is InChI=1S/C17H17N5O2/c1-13-7-5-6-10-15(13)24-12-17(23)18-11-16-19-20-21-22(16)14-8-3-2-4-9-14/h2-10H,11-12H2,1H3,(H,18,23). The van der Waals surface area contributed by atoms with Crippen LogP contribution in [0, 0.1) is 6.92 Å². The van der Waals surface area contributed by atoms with Crippen LogP contribution in [0.25, 0.3) is 5.69 Å². The SMILES string of the molecule is Cc1ccccc1OCC(=O)NCc1nnnn1-c1ccccc1. The molecule has 7 heteroatoms. The molecule has 0 aliphatic heterocycles. The molecule has 0 fully saturated rings. The van der Waals surface area contributed by atoms with Crippen LogP contribution in [0.4, 0.5) is 0 Å². The van der Waals surface area contributed by atoms with Crippen molar-refractivity contribution in [1.29, 1.82) is 0 Å². The van der Waals surface area contributed by atoms with Gasteiger partial charge in [-0.1, -0.05) is 36.4 Å². The van der Waals surface area contributed by atoms with E-state index in [-0.39, 0.29) is 19.1 Å². The highest BCUT2D eigenvalue weighted by Crippen LogP contribution is 2.15. The number of benzene rings is 2. The maximum atomic E-state index is 12.0. The van der Waals surface area contributed by atoms with Crippen molar-refractivity contribution in [3.63, 3.8) is 0 Å². The molecule has 0 saturated heterocycles. The van der Waals surface area contributed by atoms with E-state index in [1.165, 1.54) is 0 Å². The summed E-state index contributed by atoms with van der Waals surface area (Å²) < 4.78 is 7.10. The minimum absolute atomic E-state index is 0.0578. The van der Waals surface area contributed by atoms with Gasteiger partial charge in [-0.2, -0.15) is 4.68 Å². The van der Waals surface area contributed by atoms with Gasteiger partial charge in [-0.25, -0.2) is 0 Å². The van der Waals surface area contributed by atoms with Crippen LogP contribution >= 0.6 is 0 Å². The predicted octanol–water partition coefficient (Wildman–Crippen LogP) is 1.67. The summed E-state index contributed by atoms with van der Waals surface area (Å²) in [5, 5.41) is 14.3. The summed E-state index contributed by atoms with van der Waals surface area (Å²) in [5.41, 5.74) is 1.82. The van der Waals surface area contributed by atoms with Gasteiger partial charge in [0.1, 0.15) is 5.75 Å². The molecular formula is C17H17N5O2. The number of para-hydroxylation sites is 2. The Balaban J connectivity index is 1.56. The zero-order valence-electron chi connectivity index (χ0n) is 13.2. The van der Waals surface area contributed by atoms with E-state index in [4.69, 9.17) is 4.74 Å². The molecule has 0 aliphatic rings. The molecule has 0 atom stereocenters. The predicted molar refractivity (Wildman–Crippen MR) is 87.7 cm³/mol. The summed E-state index contributed by atoms with van der Waals surface area (Å²) in [6.07, 6.45) is 0. The number of carbonyl (C=O) groups excluding carboxylic acids is 1. The molecule has 0 bridgehead atoms. The molecule has 122 valence electrons. The number of aryl methyl sites for hydroxylation is 1. The van der Waals surface area contributed by atoms with Gasteiger partial charge in [-0.15, -0.1) is 5.10 Å². The molecule has 0 saturated carbocycles. The van der Waals surface area contributed by atoms with Crippen LogP contribution < -0.4 is 10.1 Å². The van der Waals surface area contributed by atoms with Crippen molar-refractivity contribution in [2.24, 2.45) is 0 Å².